The van der Waals surface area contributed by atoms with Crippen LogP contribution in [-0.4, -0.2) is 52.4 Å². The Hall–Kier alpha value is -1.04. The van der Waals surface area contributed by atoms with E-state index in [1.807, 2.05) is 30.1 Å². The molecule has 1 aliphatic heterocycles. The monoisotopic (exact) mass is 277 g/mol. The van der Waals surface area contributed by atoms with Crippen molar-refractivity contribution in [2.75, 3.05) is 32.0 Å². The zero-order valence-electron chi connectivity index (χ0n) is 11.2. The average molecular weight is 277 g/mol. The van der Waals surface area contributed by atoms with E-state index in [2.05, 4.69) is 33.5 Å². The van der Waals surface area contributed by atoms with Crippen LogP contribution in [-0.2, 0) is 4.74 Å². The summed E-state index contributed by atoms with van der Waals surface area (Å²) in [6, 6.07) is 6.17. The molecular weight excluding hydrogens is 258 g/mol. The van der Waals surface area contributed by atoms with Crippen LogP contribution in [0.4, 0.5) is 0 Å². The molecule has 0 spiro atoms. The van der Waals surface area contributed by atoms with Crippen molar-refractivity contribution >= 4 is 17.3 Å². The molecule has 2 aromatic rings. The molecule has 0 bridgehead atoms. The molecule has 0 saturated carbocycles. The van der Waals surface area contributed by atoms with Crippen molar-refractivity contribution in [2.45, 2.75) is 18.2 Å². The molecule has 3 heterocycles. The summed E-state index contributed by atoms with van der Waals surface area (Å²) in [4.78, 5) is 6.94. The van der Waals surface area contributed by atoms with Crippen molar-refractivity contribution in [1.29, 1.82) is 0 Å². The van der Waals surface area contributed by atoms with Gasteiger partial charge in [0.25, 0.3) is 0 Å². The van der Waals surface area contributed by atoms with E-state index in [4.69, 9.17) is 4.74 Å². The van der Waals surface area contributed by atoms with Crippen molar-refractivity contribution in [3.63, 3.8) is 0 Å². The van der Waals surface area contributed by atoms with Gasteiger partial charge < -0.3 is 4.74 Å². The summed E-state index contributed by atoms with van der Waals surface area (Å²) in [5, 5.41) is 1.08. The maximum Gasteiger partial charge on any atom is 0.172 e. The van der Waals surface area contributed by atoms with Crippen LogP contribution in [0.2, 0.25) is 0 Å². The molecule has 19 heavy (non-hydrogen) atoms. The van der Waals surface area contributed by atoms with Crippen LogP contribution in [0.15, 0.2) is 35.7 Å². The fourth-order valence-corrected chi connectivity index (χ4v) is 3.35. The Morgan fingerprint density at radius 3 is 3.32 bits per heavy atom. The summed E-state index contributed by atoms with van der Waals surface area (Å²) >= 11 is 1.82. The number of hydrogen-bond donors (Lipinski definition) is 0. The number of pyridine rings is 1. The Bertz CT molecular complexity index is 542. The molecule has 1 saturated heterocycles. The molecule has 0 amide bonds. The molecule has 0 unspecified atom stereocenters. The van der Waals surface area contributed by atoms with E-state index in [0.29, 0.717) is 6.10 Å². The van der Waals surface area contributed by atoms with Gasteiger partial charge in [-0.2, -0.15) is 0 Å². The fourth-order valence-electron chi connectivity index (χ4n) is 2.39. The van der Waals surface area contributed by atoms with Gasteiger partial charge in [-0.05, 0) is 19.1 Å². The molecule has 3 rings (SSSR count). The van der Waals surface area contributed by atoms with Gasteiger partial charge in [-0.1, -0.05) is 17.8 Å². The molecule has 2 aromatic heterocycles. The van der Waals surface area contributed by atoms with E-state index in [-0.39, 0.29) is 0 Å². The summed E-state index contributed by atoms with van der Waals surface area (Å²) in [5.41, 5.74) is 1.16. The number of rotatable bonds is 4. The van der Waals surface area contributed by atoms with E-state index in [1.165, 1.54) is 0 Å². The van der Waals surface area contributed by atoms with Crippen molar-refractivity contribution < 1.29 is 4.74 Å². The van der Waals surface area contributed by atoms with Gasteiger partial charge in [-0.15, -0.1) is 0 Å². The normalized spacial score (nSPS) is 21.0. The van der Waals surface area contributed by atoms with Crippen LogP contribution in [0.25, 0.3) is 5.52 Å². The average Bonchev–Trinajstić information content (AvgIpc) is 2.83. The van der Waals surface area contributed by atoms with Gasteiger partial charge in [-0.25, -0.2) is 4.98 Å². The SMILES string of the molecule is C[C@H]1CN(CCSc2ncc3ccccn23)CCO1. The lowest BCUT2D eigenvalue weighted by Crippen LogP contribution is -2.42. The van der Waals surface area contributed by atoms with Gasteiger partial charge >= 0.3 is 0 Å². The molecule has 1 atom stereocenters. The molecule has 4 nitrogen and oxygen atoms in total. The van der Waals surface area contributed by atoms with Gasteiger partial charge in [0, 0.05) is 31.6 Å². The molecule has 0 radical (unpaired) electrons. The lowest BCUT2D eigenvalue weighted by Gasteiger charge is -2.30. The quantitative estimate of drug-likeness (QED) is 0.801. The second kappa shape index (κ2) is 5.94. The van der Waals surface area contributed by atoms with Gasteiger partial charge in [-0.3, -0.25) is 9.30 Å². The van der Waals surface area contributed by atoms with Gasteiger partial charge in [0.2, 0.25) is 0 Å². The molecule has 0 aromatic carbocycles. The van der Waals surface area contributed by atoms with Gasteiger partial charge in [0.15, 0.2) is 5.16 Å². The predicted octanol–water partition coefficient (Wildman–Crippen LogP) is 2.15. The molecule has 1 aliphatic rings. The van der Waals surface area contributed by atoms with E-state index >= 15 is 0 Å². The Kier molecular flexibility index (Phi) is 4.06. The minimum Gasteiger partial charge on any atom is -0.376 e. The third kappa shape index (κ3) is 3.11. The first kappa shape index (κ1) is 13.0. The van der Waals surface area contributed by atoms with Crippen LogP contribution < -0.4 is 0 Å². The highest BCUT2D eigenvalue weighted by molar-refractivity contribution is 7.99. The molecule has 0 N–H and O–H groups in total. The number of imidazole rings is 1. The Morgan fingerprint density at radius 1 is 1.47 bits per heavy atom. The number of hydrogen-bond acceptors (Lipinski definition) is 4. The number of morpholine rings is 1. The lowest BCUT2D eigenvalue weighted by molar-refractivity contribution is -0.0158. The smallest absolute Gasteiger partial charge is 0.172 e. The maximum atomic E-state index is 5.55. The van der Waals surface area contributed by atoms with Crippen molar-refractivity contribution in [2.24, 2.45) is 0 Å². The highest BCUT2D eigenvalue weighted by atomic mass is 32.2. The fraction of sp³-hybridized carbons (Fsp3) is 0.500. The summed E-state index contributed by atoms with van der Waals surface area (Å²) in [7, 11) is 0. The van der Waals surface area contributed by atoms with Gasteiger partial charge in [0.1, 0.15) is 0 Å². The predicted molar refractivity (Wildman–Crippen MR) is 77.8 cm³/mol. The second-order valence-electron chi connectivity index (χ2n) is 4.87. The summed E-state index contributed by atoms with van der Waals surface area (Å²) in [6.45, 7) is 6.19. The first-order valence-electron chi connectivity index (χ1n) is 6.72. The first-order valence-corrected chi connectivity index (χ1v) is 7.70. The molecular formula is C14H19N3OS. The number of thioether (sulfide) groups is 1. The number of ether oxygens (including phenoxy) is 1. The van der Waals surface area contributed by atoms with Crippen molar-refractivity contribution in [1.82, 2.24) is 14.3 Å². The highest BCUT2D eigenvalue weighted by Gasteiger charge is 2.16. The number of aromatic nitrogens is 2. The summed E-state index contributed by atoms with van der Waals surface area (Å²) in [5.74, 6) is 1.07. The zero-order chi connectivity index (χ0) is 13.1. The highest BCUT2D eigenvalue weighted by Crippen LogP contribution is 2.18. The largest absolute Gasteiger partial charge is 0.376 e. The van der Waals surface area contributed by atoms with Crippen LogP contribution in [0.1, 0.15) is 6.92 Å². The minimum absolute atomic E-state index is 0.367. The molecule has 5 heteroatoms. The zero-order valence-corrected chi connectivity index (χ0v) is 12.0. The van der Waals surface area contributed by atoms with Gasteiger partial charge in [0.05, 0.1) is 24.4 Å². The molecule has 0 aliphatic carbocycles. The lowest BCUT2D eigenvalue weighted by atomic mass is 10.3. The summed E-state index contributed by atoms with van der Waals surface area (Å²) < 4.78 is 7.70. The maximum absolute atomic E-state index is 5.55. The van der Waals surface area contributed by atoms with Crippen LogP contribution in [0.5, 0.6) is 0 Å². The second-order valence-corrected chi connectivity index (χ2v) is 5.93. The number of nitrogens with zero attached hydrogens (tertiary/aromatic N) is 3. The number of fused-ring (bicyclic) bond motifs is 1. The topological polar surface area (TPSA) is 29.8 Å². The Labute approximate surface area is 117 Å². The Balaban J connectivity index is 1.55. The third-order valence-electron chi connectivity index (χ3n) is 3.37. The molecule has 102 valence electrons. The van der Waals surface area contributed by atoms with E-state index in [1.54, 1.807) is 0 Å². The van der Waals surface area contributed by atoms with E-state index < -0.39 is 0 Å². The van der Waals surface area contributed by atoms with Crippen molar-refractivity contribution in [3.05, 3.63) is 30.6 Å². The van der Waals surface area contributed by atoms with Crippen molar-refractivity contribution in [3.8, 4) is 0 Å². The van der Waals surface area contributed by atoms with Crippen LogP contribution >= 0.6 is 11.8 Å². The third-order valence-corrected chi connectivity index (χ3v) is 4.32. The van der Waals surface area contributed by atoms with Crippen LogP contribution in [0, 0.1) is 0 Å². The standard InChI is InChI=1S/C14H19N3OS/c1-12-11-16(6-8-18-12)7-9-19-14-15-10-13-4-2-3-5-17(13)14/h2-5,10,12H,6-9,11H2,1H3/t12-/m0/s1. The Morgan fingerprint density at radius 2 is 2.42 bits per heavy atom. The van der Waals surface area contributed by atoms with E-state index in [9.17, 15) is 0 Å². The van der Waals surface area contributed by atoms with E-state index in [0.717, 1.165) is 42.7 Å². The summed E-state index contributed by atoms with van der Waals surface area (Å²) in [6.07, 6.45) is 4.37. The van der Waals surface area contributed by atoms with Crippen LogP contribution in [0.3, 0.4) is 0 Å². The first-order chi connectivity index (χ1) is 9.33. The minimum atomic E-state index is 0.367. The molecule has 1 fully saturated rings.